The van der Waals surface area contributed by atoms with E-state index in [1.807, 2.05) is 0 Å². The van der Waals surface area contributed by atoms with E-state index in [0.717, 1.165) is 12.8 Å². The van der Waals surface area contributed by atoms with Crippen molar-refractivity contribution in [1.29, 1.82) is 0 Å². The molecule has 3 rings (SSSR count). The molecule has 152 valence electrons. The standard InChI is InChI=1S/C19H26N4O4S/c1-20-28(25,26)15-11-16(23(2)12-15)19(24)22-18-17(9-6-10-21-18)27-13-14-7-4-3-5-8-14/h6,9-12,14,20H,3-5,7-8,13H2,1-2H3,(H,21,22,24). The second kappa shape index (κ2) is 8.74. The topological polar surface area (TPSA) is 102 Å². The Balaban J connectivity index is 1.72. The molecule has 0 saturated heterocycles. The number of hydrogen-bond donors (Lipinski definition) is 2. The number of hydrogen-bond acceptors (Lipinski definition) is 5. The van der Waals surface area contributed by atoms with Crippen molar-refractivity contribution < 1.29 is 17.9 Å². The fraction of sp³-hybridized carbons (Fsp3) is 0.474. The van der Waals surface area contributed by atoms with Crippen LogP contribution in [0, 0.1) is 5.92 Å². The van der Waals surface area contributed by atoms with E-state index in [-0.39, 0.29) is 10.6 Å². The maximum atomic E-state index is 12.7. The van der Waals surface area contributed by atoms with Gasteiger partial charge in [0.05, 0.1) is 6.61 Å². The number of aromatic nitrogens is 2. The molecule has 1 aliphatic rings. The Hall–Kier alpha value is -2.39. The monoisotopic (exact) mass is 406 g/mol. The summed E-state index contributed by atoms with van der Waals surface area (Å²) in [7, 11) is -0.688. The van der Waals surface area contributed by atoms with Crippen LogP contribution in [0.5, 0.6) is 5.75 Å². The number of aryl methyl sites for hydroxylation is 1. The Morgan fingerprint density at radius 2 is 2.07 bits per heavy atom. The number of anilines is 1. The minimum absolute atomic E-state index is 0.0254. The molecule has 1 fully saturated rings. The molecular weight excluding hydrogens is 380 g/mol. The van der Waals surface area contributed by atoms with Crippen molar-refractivity contribution in [2.24, 2.45) is 13.0 Å². The maximum absolute atomic E-state index is 12.7. The Morgan fingerprint density at radius 3 is 2.79 bits per heavy atom. The quantitative estimate of drug-likeness (QED) is 0.736. The van der Waals surface area contributed by atoms with Gasteiger partial charge in [-0.15, -0.1) is 0 Å². The average Bonchev–Trinajstić information content (AvgIpc) is 3.11. The van der Waals surface area contributed by atoms with Crippen LogP contribution in [-0.4, -0.2) is 37.5 Å². The molecule has 8 nitrogen and oxygen atoms in total. The predicted molar refractivity (Wildman–Crippen MR) is 106 cm³/mol. The smallest absolute Gasteiger partial charge is 0.273 e. The van der Waals surface area contributed by atoms with E-state index < -0.39 is 15.9 Å². The molecule has 1 aliphatic carbocycles. The van der Waals surface area contributed by atoms with Gasteiger partial charge in [-0.25, -0.2) is 18.1 Å². The number of ether oxygens (including phenoxy) is 1. The van der Waals surface area contributed by atoms with Crippen LogP contribution in [0.15, 0.2) is 35.5 Å². The highest BCUT2D eigenvalue weighted by Gasteiger charge is 2.21. The summed E-state index contributed by atoms with van der Waals surface area (Å²) in [6.07, 6.45) is 9.03. The Labute approximate surface area is 165 Å². The number of amides is 1. The Morgan fingerprint density at radius 1 is 1.32 bits per heavy atom. The number of rotatable bonds is 7. The van der Waals surface area contributed by atoms with E-state index in [9.17, 15) is 13.2 Å². The van der Waals surface area contributed by atoms with Gasteiger partial charge < -0.3 is 14.6 Å². The number of sulfonamides is 1. The van der Waals surface area contributed by atoms with Gasteiger partial charge in [0.15, 0.2) is 11.6 Å². The third-order valence-corrected chi connectivity index (χ3v) is 6.37. The molecule has 0 bridgehead atoms. The summed E-state index contributed by atoms with van der Waals surface area (Å²) in [5.74, 6) is 0.905. The lowest BCUT2D eigenvalue weighted by Crippen LogP contribution is -2.19. The summed E-state index contributed by atoms with van der Waals surface area (Å²) in [5, 5.41) is 2.73. The van der Waals surface area contributed by atoms with Crippen LogP contribution in [0.25, 0.3) is 0 Å². The highest BCUT2D eigenvalue weighted by Crippen LogP contribution is 2.27. The third-order valence-electron chi connectivity index (χ3n) is 4.99. The summed E-state index contributed by atoms with van der Waals surface area (Å²) in [6, 6.07) is 4.85. The van der Waals surface area contributed by atoms with Gasteiger partial charge in [-0.1, -0.05) is 19.3 Å². The van der Waals surface area contributed by atoms with Crippen LogP contribution in [0.2, 0.25) is 0 Å². The number of pyridine rings is 1. The van der Waals surface area contributed by atoms with Gasteiger partial charge in [0.1, 0.15) is 10.6 Å². The van der Waals surface area contributed by atoms with E-state index >= 15 is 0 Å². The minimum Gasteiger partial charge on any atom is -0.489 e. The van der Waals surface area contributed by atoms with Crippen LogP contribution >= 0.6 is 0 Å². The SMILES string of the molecule is CNS(=O)(=O)c1cc(C(=O)Nc2ncccc2OCC2CCCCC2)n(C)c1. The first-order chi connectivity index (χ1) is 13.4. The Bertz CT molecular complexity index is 933. The van der Waals surface area contributed by atoms with Crippen LogP contribution in [0.4, 0.5) is 5.82 Å². The zero-order chi connectivity index (χ0) is 20.1. The lowest BCUT2D eigenvalue weighted by Gasteiger charge is -2.22. The molecule has 2 heterocycles. The fourth-order valence-corrected chi connectivity index (χ4v) is 4.16. The lowest BCUT2D eigenvalue weighted by atomic mass is 9.90. The molecule has 0 atom stereocenters. The molecule has 0 aliphatic heterocycles. The van der Waals surface area contributed by atoms with Gasteiger partial charge in [0, 0.05) is 19.4 Å². The molecule has 9 heteroatoms. The fourth-order valence-electron chi connectivity index (χ4n) is 3.36. The number of carbonyl (C=O) groups is 1. The molecule has 1 saturated carbocycles. The number of nitrogens with one attached hydrogen (secondary N) is 2. The first-order valence-electron chi connectivity index (χ1n) is 9.40. The number of carbonyl (C=O) groups excluding carboxylic acids is 1. The van der Waals surface area contributed by atoms with E-state index in [1.54, 1.807) is 25.4 Å². The zero-order valence-electron chi connectivity index (χ0n) is 16.1. The van der Waals surface area contributed by atoms with Gasteiger partial charge >= 0.3 is 0 Å². The lowest BCUT2D eigenvalue weighted by molar-refractivity contribution is 0.101. The first kappa shape index (κ1) is 20.3. The van der Waals surface area contributed by atoms with Crippen LogP contribution in [-0.2, 0) is 17.1 Å². The zero-order valence-corrected chi connectivity index (χ0v) is 17.0. The van der Waals surface area contributed by atoms with E-state index in [2.05, 4.69) is 15.0 Å². The molecule has 0 spiro atoms. The van der Waals surface area contributed by atoms with Gasteiger partial charge in [-0.2, -0.15) is 0 Å². The first-order valence-corrected chi connectivity index (χ1v) is 10.9. The average molecular weight is 407 g/mol. The van der Waals surface area contributed by atoms with Gasteiger partial charge in [0.2, 0.25) is 10.0 Å². The molecular formula is C19H26N4O4S. The second-order valence-corrected chi connectivity index (χ2v) is 8.89. The highest BCUT2D eigenvalue weighted by molar-refractivity contribution is 7.89. The molecule has 0 radical (unpaired) electrons. The summed E-state index contributed by atoms with van der Waals surface area (Å²) in [4.78, 5) is 16.9. The van der Waals surface area contributed by atoms with Crippen molar-refractivity contribution in [3.63, 3.8) is 0 Å². The third kappa shape index (κ3) is 4.71. The van der Waals surface area contributed by atoms with Crippen LogP contribution in [0.1, 0.15) is 42.6 Å². The second-order valence-electron chi connectivity index (χ2n) is 7.00. The summed E-state index contributed by atoms with van der Waals surface area (Å²) in [5.41, 5.74) is 0.206. The summed E-state index contributed by atoms with van der Waals surface area (Å²) >= 11 is 0. The van der Waals surface area contributed by atoms with Crippen LogP contribution < -0.4 is 14.8 Å². The van der Waals surface area contributed by atoms with Crippen molar-refractivity contribution in [3.8, 4) is 5.75 Å². The molecule has 28 heavy (non-hydrogen) atoms. The molecule has 0 aromatic carbocycles. The van der Waals surface area contributed by atoms with E-state index in [0.29, 0.717) is 24.1 Å². The van der Waals surface area contributed by atoms with Gasteiger partial charge in [0.25, 0.3) is 5.91 Å². The van der Waals surface area contributed by atoms with E-state index in [4.69, 9.17) is 4.74 Å². The van der Waals surface area contributed by atoms with Crippen molar-refractivity contribution in [2.45, 2.75) is 37.0 Å². The van der Waals surface area contributed by atoms with Crippen molar-refractivity contribution in [3.05, 3.63) is 36.3 Å². The molecule has 2 aromatic rings. The van der Waals surface area contributed by atoms with Crippen LogP contribution in [0.3, 0.4) is 0 Å². The summed E-state index contributed by atoms with van der Waals surface area (Å²) < 4.78 is 33.5. The molecule has 1 amide bonds. The van der Waals surface area contributed by atoms with Gasteiger partial charge in [-0.3, -0.25) is 4.79 Å². The molecule has 2 aromatic heterocycles. The predicted octanol–water partition coefficient (Wildman–Crippen LogP) is 2.54. The van der Waals surface area contributed by atoms with Crippen molar-refractivity contribution in [2.75, 3.05) is 19.0 Å². The molecule has 0 unspecified atom stereocenters. The van der Waals surface area contributed by atoms with Crippen molar-refractivity contribution >= 4 is 21.7 Å². The Kier molecular flexibility index (Phi) is 6.35. The van der Waals surface area contributed by atoms with E-state index in [1.165, 1.54) is 43.1 Å². The maximum Gasteiger partial charge on any atom is 0.273 e. The van der Waals surface area contributed by atoms with Crippen molar-refractivity contribution in [1.82, 2.24) is 14.3 Å². The highest BCUT2D eigenvalue weighted by atomic mass is 32.2. The molecule has 2 N–H and O–H groups in total. The largest absolute Gasteiger partial charge is 0.489 e. The van der Waals surface area contributed by atoms with Gasteiger partial charge in [-0.05, 0) is 44.0 Å². The number of nitrogens with zero attached hydrogens (tertiary/aromatic N) is 2. The summed E-state index contributed by atoms with van der Waals surface area (Å²) in [6.45, 7) is 0.600. The normalized spacial score (nSPS) is 15.4. The minimum atomic E-state index is -3.63.